The van der Waals surface area contributed by atoms with Gasteiger partial charge in [0.15, 0.2) is 11.7 Å². The van der Waals surface area contributed by atoms with Gasteiger partial charge in [-0.15, -0.1) is 24.0 Å². The van der Waals surface area contributed by atoms with Gasteiger partial charge in [-0.1, -0.05) is 36.2 Å². The van der Waals surface area contributed by atoms with Gasteiger partial charge in [-0.25, -0.2) is 9.98 Å². The lowest BCUT2D eigenvalue weighted by atomic mass is 9.82. The van der Waals surface area contributed by atoms with Crippen molar-refractivity contribution in [2.45, 2.75) is 70.6 Å². The molecule has 6 nitrogen and oxygen atoms in total. The Labute approximate surface area is 196 Å². The molecule has 2 aliphatic rings. The zero-order valence-corrected chi connectivity index (χ0v) is 20.6. The molecule has 0 saturated carbocycles. The minimum atomic E-state index is 0. The van der Waals surface area contributed by atoms with Crippen LogP contribution in [-0.4, -0.2) is 47.6 Å². The maximum absolute atomic E-state index is 5.92. The van der Waals surface area contributed by atoms with Crippen molar-refractivity contribution in [1.82, 2.24) is 20.5 Å². The minimum absolute atomic E-state index is 0. The quantitative estimate of drug-likeness (QED) is 0.347. The van der Waals surface area contributed by atoms with Crippen LogP contribution in [0, 0.1) is 6.92 Å². The van der Waals surface area contributed by atoms with Gasteiger partial charge in [-0.2, -0.15) is 0 Å². The molecule has 2 aromatic rings. The first kappa shape index (κ1) is 23.1. The molecule has 2 fully saturated rings. The number of aryl methyl sites for hydroxylation is 1. The highest BCUT2D eigenvalue weighted by molar-refractivity contribution is 14.0. The summed E-state index contributed by atoms with van der Waals surface area (Å²) in [7, 11) is 2.29. The first-order chi connectivity index (χ1) is 14.1. The molecule has 30 heavy (non-hydrogen) atoms. The number of hydrogen-bond acceptors (Lipinski definition) is 4. The molecule has 2 aliphatic heterocycles. The Morgan fingerprint density at radius 3 is 2.57 bits per heavy atom. The Bertz CT molecular complexity index is 820. The molecule has 2 N–H and O–H groups in total. The van der Waals surface area contributed by atoms with Crippen LogP contribution in [0.15, 0.2) is 39.9 Å². The van der Waals surface area contributed by atoms with Crippen molar-refractivity contribution < 1.29 is 4.42 Å². The second-order valence-corrected chi connectivity index (χ2v) is 8.40. The fourth-order valence-corrected chi connectivity index (χ4v) is 4.63. The molecule has 7 heteroatoms. The van der Waals surface area contributed by atoms with E-state index in [1.54, 1.807) is 6.20 Å². The van der Waals surface area contributed by atoms with Gasteiger partial charge in [-0.3, -0.25) is 0 Å². The summed E-state index contributed by atoms with van der Waals surface area (Å²) < 4.78 is 5.92. The van der Waals surface area contributed by atoms with E-state index in [1.165, 1.54) is 37.7 Å². The van der Waals surface area contributed by atoms with Gasteiger partial charge in [0.1, 0.15) is 6.54 Å². The summed E-state index contributed by atoms with van der Waals surface area (Å²) in [4.78, 5) is 11.7. The summed E-state index contributed by atoms with van der Waals surface area (Å²) in [5, 5.41) is 7.04. The second-order valence-electron chi connectivity index (χ2n) is 8.40. The van der Waals surface area contributed by atoms with Crippen LogP contribution in [0.25, 0.3) is 11.3 Å². The third kappa shape index (κ3) is 5.55. The normalized spacial score (nSPS) is 24.2. The van der Waals surface area contributed by atoms with Gasteiger partial charge >= 0.3 is 0 Å². The van der Waals surface area contributed by atoms with Gasteiger partial charge in [-0.05, 0) is 46.6 Å². The number of halogens is 1. The summed E-state index contributed by atoms with van der Waals surface area (Å²) in [5.41, 5.74) is 2.28. The molecule has 0 amide bonds. The maximum Gasteiger partial charge on any atom is 0.216 e. The Kier molecular flexibility index (Phi) is 8.16. The SMILES string of the molecule is CCNC(=NCc1ncc(-c2ccc(C)cc2)o1)NC1CC2CCCC(C1)N2C.I. The smallest absolute Gasteiger partial charge is 0.216 e. The van der Waals surface area contributed by atoms with Crippen LogP contribution in [0.2, 0.25) is 0 Å². The molecule has 0 aliphatic carbocycles. The third-order valence-electron chi connectivity index (χ3n) is 6.29. The molecule has 2 bridgehead atoms. The van der Waals surface area contributed by atoms with Crippen LogP contribution < -0.4 is 10.6 Å². The van der Waals surface area contributed by atoms with Crippen molar-refractivity contribution in [3.05, 3.63) is 41.9 Å². The van der Waals surface area contributed by atoms with E-state index in [2.05, 4.69) is 65.7 Å². The van der Waals surface area contributed by atoms with E-state index in [4.69, 9.17) is 9.41 Å². The summed E-state index contributed by atoms with van der Waals surface area (Å²) in [6, 6.07) is 10.2. The van der Waals surface area contributed by atoms with E-state index in [-0.39, 0.29) is 24.0 Å². The molecular formula is C23H34IN5O. The lowest BCUT2D eigenvalue weighted by molar-refractivity contribution is 0.0526. The highest BCUT2D eigenvalue weighted by atomic mass is 127. The first-order valence-corrected chi connectivity index (χ1v) is 10.9. The Hall–Kier alpha value is -1.61. The van der Waals surface area contributed by atoms with Crippen molar-refractivity contribution in [2.75, 3.05) is 13.6 Å². The zero-order valence-electron chi connectivity index (χ0n) is 18.2. The van der Waals surface area contributed by atoms with E-state index >= 15 is 0 Å². The maximum atomic E-state index is 5.92. The van der Waals surface area contributed by atoms with Crippen molar-refractivity contribution in [2.24, 2.45) is 4.99 Å². The topological polar surface area (TPSA) is 65.7 Å². The second kappa shape index (κ2) is 10.6. The molecule has 164 valence electrons. The largest absolute Gasteiger partial charge is 0.439 e. The molecule has 0 spiro atoms. The van der Waals surface area contributed by atoms with Crippen molar-refractivity contribution in [3.63, 3.8) is 0 Å². The summed E-state index contributed by atoms with van der Waals surface area (Å²) >= 11 is 0. The first-order valence-electron chi connectivity index (χ1n) is 10.9. The van der Waals surface area contributed by atoms with E-state index in [0.717, 1.165) is 23.8 Å². The Balaban J connectivity index is 0.00000256. The summed E-state index contributed by atoms with van der Waals surface area (Å²) in [5.74, 6) is 2.28. The van der Waals surface area contributed by atoms with Crippen LogP contribution in [0.1, 0.15) is 50.5 Å². The molecule has 4 rings (SSSR count). The molecule has 3 heterocycles. The van der Waals surface area contributed by atoms with Gasteiger partial charge < -0.3 is 20.0 Å². The molecular weight excluding hydrogens is 489 g/mol. The molecule has 2 atom stereocenters. The molecule has 0 radical (unpaired) electrons. The summed E-state index contributed by atoms with van der Waals surface area (Å²) in [6.45, 7) is 5.45. The van der Waals surface area contributed by atoms with Crippen LogP contribution in [-0.2, 0) is 6.54 Å². The number of piperidine rings is 2. The predicted octanol–water partition coefficient (Wildman–Crippen LogP) is 4.34. The van der Waals surface area contributed by atoms with Crippen LogP contribution in [0.4, 0.5) is 0 Å². The van der Waals surface area contributed by atoms with Crippen molar-refractivity contribution >= 4 is 29.9 Å². The summed E-state index contributed by atoms with van der Waals surface area (Å²) in [6.07, 6.45) is 8.16. The van der Waals surface area contributed by atoms with Gasteiger partial charge in [0.05, 0.1) is 6.20 Å². The molecule has 2 unspecified atom stereocenters. The number of guanidine groups is 1. The van der Waals surface area contributed by atoms with Crippen molar-refractivity contribution in [3.8, 4) is 11.3 Å². The number of fused-ring (bicyclic) bond motifs is 2. The average Bonchev–Trinajstić information content (AvgIpc) is 3.17. The standard InChI is InChI=1S/C23H33N5O.HI/c1-4-24-23(27-18-12-19-6-5-7-20(13-18)28(19)3)26-15-22-25-14-21(29-22)17-10-8-16(2)9-11-17;/h8-11,14,18-20H,4-7,12-13,15H2,1-3H3,(H2,24,26,27);1H. The number of nitrogens with one attached hydrogen (secondary N) is 2. The third-order valence-corrected chi connectivity index (χ3v) is 6.29. The fourth-order valence-electron chi connectivity index (χ4n) is 4.63. The van der Waals surface area contributed by atoms with E-state index in [0.29, 0.717) is 30.6 Å². The van der Waals surface area contributed by atoms with Crippen LogP contribution in [0.3, 0.4) is 0 Å². The molecule has 1 aromatic heterocycles. The Morgan fingerprint density at radius 1 is 1.20 bits per heavy atom. The number of benzene rings is 1. The number of aliphatic imine (C=N–C) groups is 1. The zero-order chi connectivity index (χ0) is 20.2. The fraction of sp³-hybridized carbons (Fsp3) is 0.565. The van der Waals surface area contributed by atoms with Crippen molar-refractivity contribution in [1.29, 1.82) is 0 Å². The Morgan fingerprint density at radius 2 is 1.90 bits per heavy atom. The number of hydrogen-bond donors (Lipinski definition) is 2. The molecule has 1 aromatic carbocycles. The van der Waals surface area contributed by atoms with E-state index < -0.39 is 0 Å². The van der Waals surface area contributed by atoms with Gasteiger partial charge in [0, 0.05) is 30.2 Å². The number of aromatic nitrogens is 1. The van der Waals surface area contributed by atoms with Gasteiger partial charge in [0.2, 0.25) is 5.89 Å². The lowest BCUT2D eigenvalue weighted by Gasteiger charge is -2.47. The number of nitrogens with zero attached hydrogens (tertiary/aromatic N) is 3. The van der Waals surface area contributed by atoms with Gasteiger partial charge in [0.25, 0.3) is 0 Å². The average molecular weight is 523 g/mol. The molecule has 2 saturated heterocycles. The number of oxazole rings is 1. The monoisotopic (exact) mass is 523 g/mol. The van der Waals surface area contributed by atoms with E-state index in [9.17, 15) is 0 Å². The highest BCUT2D eigenvalue weighted by Gasteiger charge is 2.36. The highest BCUT2D eigenvalue weighted by Crippen LogP contribution is 2.32. The number of rotatable bonds is 5. The lowest BCUT2D eigenvalue weighted by Crippen LogP contribution is -2.56. The minimum Gasteiger partial charge on any atom is -0.439 e. The predicted molar refractivity (Wildman–Crippen MR) is 132 cm³/mol. The van der Waals surface area contributed by atoms with E-state index in [1.807, 2.05) is 0 Å². The van der Waals surface area contributed by atoms with Crippen LogP contribution >= 0.6 is 24.0 Å². The van der Waals surface area contributed by atoms with Crippen LogP contribution in [0.5, 0.6) is 0 Å².